The van der Waals surface area contributed by atoms with Crippen molar-refractivity contribution in [2.24, 2.45) is 0 Å². The lowest BCUT2D eigenvalue weighted by atomic mass is 9.91. The van der Waals surface area contributed by atoms with E-state index in [1.165, 1.54) is 10.8 Å². The van der Waals surface area contributed by atoms with E-state index in [0.29, 0.717) is 0 Å². The molecule has 2 nitrogen and oxygen atoms in total. The molecule has 0 spiro atoms. The normalized spacial score (nSPS) is 11.1. The van der Waals surface area contributed by atoms with Gasteiger partial charge >= 0.3 is 0 Å². The summed E-state index contributed by atoms with van der Waals surface area (Å²) in [6.07, 6.45) is 3.55. The molecule has 1 aromatic carbocycles. The van der Waals surface area contributed by atoms with Crippen LogP contribution in [0.4, 0.5) is 0 Å². The fourth-order valence-electron chi connectivity index (χ4n) is 1.86. The molecule has 14 heavy (non-hydrogen) atoms. The molecule has 3 heteroatoms. The minimum atomic E-state index is 0.858. The van der Waals surface area contributed by atoms with Gasteiger partial charge in [0, 0.05) is 17.0 Å². The zero-order chi connectivity index (χ0) is 9.54. The molecule has 0 amide bonds. The maximum atomic E-state index is 5.67. The third kappa shape index (κ3) is 0.895. The zero-order valence-electron chi connectivity index (χ0n) is 7.82. The highest BCUT2D eigenvalue weighted by Crippen LogP contribution is 2.25. The minimum absolute atomic E-state index is 0.858. The third-order valence-corrected chi connectivity index (χ3v) is 2.51. The van der Waals surface area contributed by atoms with E-state index in [-0.39, 0.29) is 0 Å². The Labute approximate surface area is 82.0 Å². The van der Waals surface area contributed by atoms with Gasteiger partial charge in [0.2, 0.25) is 0 Å². The fraction of sp³-hybridized carbons (Fsp3) is 0. The van der Waals surface area contributed by atoms with Crippen LogP contribution >= 0.6 is 0 Å². The highest BCUT2D eigenvalue weighted by molar-refractivity contribution is 6.41. The standard InChI is InChI=1S/C11H8BNO/c12-8-2-1-3-9-11(8)7-4-5-13-6-10(7)14-9/h1-6H,12H2. The van der Waals surface area contributed by atoms with Crippen molar-refractivity contribution in [2.75, 3.05) is 0 Å². The van der Waals surface area contributed by atoms with Gasteiger partial charge in [0.05, 0.1) is 6.20 Å². The first-order chi connectivity index (χ1) is 6.86. The van der Waals surface area contributed by atoms with Crippen LogP contribution in [0.3, 0.4) is 0 Å². The molecular formula is C11H8BNO. The Balaban J connectivity index is 2.65. The zero-order valence-corrected chi connectivity index (χ0v) is 7.82. The lowest BCUT2D eigenvalue weighted by Gasteiger charge is -1.93. The summed E-state index contributed by atoms with van der Waals surface area (Å²) in [6, 6.07) is 8.09. The van der Waals surface area contributed by atoms with Crippen LogP contribution in [0, 0.1) is 0 Å². The number of rotatable bonds is 0. The minimum Gasteiger partial charge on any atom is -0.454 e. The summed E-state index contributed by atoms with van der Waals surface area (Å²) in [5.41, 5.74) is 3.04. The molecular weight excluding hydrogens is 173 g/mol. The number of fused-ring (bicyclic) bond motifs is 3. The molecule has 3 aromatic rings. The van der Waals surface area contributed by atoms with Crippen LogP contribution in [0.5, 0.6) is 0 Å². The van der Waals surface area contributed by atoms with E-state index in [1.54, 1.807) is 12.4 Å². The second kappa shape index (κ2) is 2.61. The molecule has 0 N–H and O–H groups in total. The van der Waals surface area contributed by atoms with Crippen molar-refractivity contribution in [3.8, 4) is 0 Å². The Hall–Kier alpha value is -1.77. The Morgan fingerprint density at radius 3 is 3.00 bits per heavy atom. The van der Waals surface area contributed by atoms with Crippen molar-refractivity contribution < 1.29 is 4.42 Å². The van der Waals surface area contributed by atoms with Crippen molar-refractivity contribution in [1.29, 1.82) is 0 Å². The quantitative estimate of drug-likeness (QED) is 0.487. The summed E-state index contributed by atoms with van der Waals surface area (Å²) in [6.45, 7) is 0. The van der Waals surface area contributed by atoms with Crippen molar-refractivity contribution >= 4 is 35.2 Å². The molecule has 0 fully saturated rings. The van der Waals surface area contributed by atoms with Crippen molar-refractivity contribution in [3.05, 3.63) is 36.7 Å². The average molecular weight is 181 g/mol. The molecule has 0 bridgehead atoms. The van der Waals surface area contributed by atoms with Gasteiger partial charge in [-0.3, -0.25) is 4.98 Å². The summed E-state index contributed by atoms with van der Waals surface area (Å²) < 4.78 is 5.67. The van der Waals surface area contributed by atoms with Gasteiger partial charge in [0.15, 0.2) is 5.58 Å². The molecule has 0 aliphatic carbocycles. The molecule has 2 heterocycles. The molecule has 0 aliphatic rings. The van der Waals surface area contributed by atoms with Crippen molar-refractivity contribution in [2.45, 2.75) is 0 Å². The first-order valence-corrected chi connectivity index (χ1v) is 4.58. The Bertz CT molecular complexity index is 615. The summed E-state index contributed by atoms with van der Waals surface area (Å²) in [7, 11) is 2.09. The van der Waals surface area contributed by atoms with E-state index in [0.717, 1.165) is 16.6 Å². The molecule has 0 aliphatic heterocycles. The SMILES string of the molecule is Bc1cccc2oc3cnccc3c12. The monoisotopic (exact) mass is 181 g/mol. The van der Waals surface area contributed by atoms with Crippen LogP contribution in [-0.4, -0.2) is 12.8 Å². The van der Waals surface area contributed by atoms with E-state index in [9.17, 15) is 0 Å². The lowest BCUT2D eigenvalue weighted by molar-refractivity contribution is 0.667. The predicted molar refractivity (Wildman–Crippen MR) is 59.7 cm³/mol. The van der Waals surface area contributed by atoms with E-state index in [1.807, 2.05) is 18.2 Å². The first kappa shape index (κ1) is 7.62. The van der Waals surface area contributed by atoms with Crippen LogP contribution in [0.1, 0.15) is 0 Å². The first-order valence-electron chi connectivity index (χ1n) is 4.58. The fourth-order valence-corrected chi connectivity index (χ4v) is 1.86. The van der Waals surface area contributed by atoms with E-state index < -0.39 is 0 Å². The summed E-state index contributed by atoms with van der Waals surface area (Å²) in [5.74, 6) is 0. The van der Waals surface area contributed by atoms with E-state index >= 15 is 0 Å². The van der Waals surface area contributed by atoms with Crippen LogP contribution in [-0.2, 0) is 0 Å². The lowest BCUT2D eigenvalue weighted by Crippen LogP contribution is -2.00. The average Bonchev–Trinajstić information content (AvgIpc) is 2.57. The summed E-state index contributed by atoms with van der Waals surface area (Å²) >= 11 is 0. The number of aromatic nitrogens is 1. The topological polar surface area (TPSA) is 26.0 Å². The molecule has 0 saturated heterocycles. The number of hydrogen-bond acceptors (Lipinski definition) is 2. The molecule has 0 atom stereocenters. The number of hydrogen-bond donors (Lipinski definition) is 0. The van der Waals surface area contributed by atoms with Gasteiger partial charge in [-0.05, 0) is 12.1 Å². The Morgan fingerprint density at radius 1 is 1.14 bits per heavy atom. The van der Waals surface area contributed by atoms with Crippen LogP contribution in [0.15, 0.2) is 41.1 Å². The molecule has 0 unspecified atom stereocenters. The van der Waals surface area contributed by atoms with E-state index in [4.69, 9.17) is 4.42 Å². The number of benzene rings is 1. The highest BCUT2D eigenvalue weighted by atomic mass is 16.3. The molecule has 0 saturated carbocycles. The molecule has 2 aromatic heterocycles. The molecule has 66 valence electrons. The molecule has 0 radical (unpaired) electrons. The summed E-state index contributed by atoms with van der Waals surface area (Å²) in [5, 5.41) is 2.35. The Kier molecular flexibility index (Phi) is 1.42. The van der Waals surface area contributed by atoms with Gasteiger partial charge in [-0.1, -0.05) is 17.6 Å². The third-order valence-electron chi connectivity index (χ3n) is 2.51. The summed E-state index contributed by atoms with van der Waals surface area (Å²) in [4.78, 5) is 4.04. The van der Waals surface area contributed by atoms with Crippen LogP contribution in [0.2, 0.25) is 0 Å². The van der Waals surface area contributed by atoms with Gasteiger partial charge in [-0.2, -0.15) is 0 Å². The van der Waals surface area contributed by atoms with Crippen molar-refractivity contribution in [1.82, 2.24) is 4.98 Å². The maximum absolute atomic E-state index is 5.67. The molecule has 3 rings (SSSR count). The highest BCUT2D eigenvalue weighted by Gasteiger charge is 2.07. The number of nitrogens with zero attached hydrogens (tertiary/aromatic N) is 1. The van der Waals surface area contributed by atoms with Gasteiger partial charge in [-0.25, -0.2) is 0 Å². The van der Waals surface area contributed by atoms with Crippen molar-refractivity contribution in [3.63, 3.8) is 0 Å². The van der Waals surface area contributed by atoms with Gasteiger partial charge < -0.3 is 4.42 Å². The van der Waals surface area contributed by atoms with Gasteiger partial charge in [0.1, 0.15) is 13.4 Å². The smallest absolute Gasteiger partial charge is 0.153 e. The predicted octanol–water partition coefficient (Wildman–Crippen LogP) is 1.24. The largest absolute Gasteiger partial charge is 0.454 e. The van der Waals surface area contributed by atoms with Crippen LogP contribution < -0.4 is 5.46 Å². The number of pyridine rings is 1. The second-order valence-electron chi connectivity index (χ2n) is 3.42. The van der Waals surface area contributed by atoms with Crippen LogP contribution in [0.25, 0.3) is 21.9 Å². The second-order valence-corrected chi connectivity index (χ2v) is 3.42. The van der Waals surface area contributed by atoms with E-state index in [2.05, 4.69) is 18.9 Å². The maximum Gasteiger partial charge on any atom is 0.153 e. The Morgan fingerprint density at radius 2 is 2.07 bits per heavy atom. The number of furan rings is 1. The van der Waals surface area contributed by atoms with Gasteiger partial charge in [-0.15, -0.1) is 0 Å². The van der Waals surface area contributed by atoms with Gasteiger partial charge in [0.25, 0.3) is 0 Å².